The van der Waals surface area contributed by atoms with Gasteiger partial charge in [0.1, 0.15) is 6.33 Å². The van der Waals surface area contributed by atoms with Crippen molar-refractivity contribution in [1.29, 1.82) is 0 Å². The Balaban J connectivity index is 2.88. The van der Waals surface area contributed by atoms with E-state index >= 15 is 0 Å². The van der Waals surface area contributed by atoms with Crippen LogP contribution in [0.1, 0.15) is 33.1 Å². The molecule has 0 aliphatic carbocycles. The number of methoxy groups -OCH3 is 1. The third-order valence-corrected chi connectivity index (χ3v) is 2.72. The number of rotatable bonds is 7. The molecule has 2 N–H and O–H groups in total. The van der Waals surface area contributed by atoms with Gasteiger partial charge in [-0.2, -0.15) is 0 Å². The first-order chi connectivity index (χ1) is 8.26. The maximum absolute atomic E-state index is 5.34. The molecule has 0 aliphatic heterocycles. The van der Waals surface area contributed by atoms with Gasteiger partial charge in [-0.3, -0.25) is 0 Å². The molecule has 1 rings (SSSR count). The van der Waals surface area contributed by atoms with E-state index in [2.05, 4.69) is 34.4 Å². The summed E-state index contributed by atoms with van der Waals surface area (Å²) in [6.45, 7) is 4.35. The van der Waals surface area contributed by atoms with Gasteiger partial charge in [0.2, 0.25) is 5.75 Å². The van der Waals surface area contributed by atoms with Crippen LogP contribution in [0.2, 0.25) is 0 Å². The van der Waals surface area contributed by atoms with E-state index in [-0.39, 0.29) is 0 Å². The first-order valence-corrected chi connectivity index (χ1v) is 6.10. The van der Waals surface area contributed by atoms with Crippen LogP contribution < -0.4 is 15.4 Å². The molecule has 1 heterocycles. The predicted molar refractivity (Wildman–Crippen MR) is 70.7 cm³/mol. The summed E-state index contributed by atoms with van der Waals surface area (Å²) in [4.78, 5) is 8.36. The van der Waals surface area contributed by atoms with Crippen LogP contribution in [0.4, 0.5) is 11.6 Å². The van der Waals surface area contributed by atoms with Crippen molar-refractivity contribution in [2.45, 2.75) is 39.2 Å². The van der Waals surface area contributed by atoms with Gasteiger partial charge in [0.15, 0.2) is 11.6 Å². The summed E-state index contributed by atoms with van der Waals surface area (Å²) in [5.74, 6) is 2.13. The fourth-order valence-corrected chi connectivity index (χ4v) is 1.77. The number of aromatic nitrogens is 2. The summed E-state index contributed by atoms with van der Waals surface area (Å²) in [6.07, 6.45) is 4.88. The van der Waals surface area contributed by atoms with Crippen LogP contribution in [0.25, 0.3) is 0 Å². The average Bonchev–Trinajstić information content (AvgIpc) is 2.37. The molecule has 96 valence electrons. The van der Waals surface area contributed by atoms with Crippen molar-refractivity contribution >= 4 is 11.6 Å². The van der Waals surface area contributed by atoms with Crippen molar-refractivity contribution < 1.29 is 4.74 Å². The molecule has 0 radical (unpaired) electrons. The van der Waals surface area contributed by atoms with E-state index in [4.69, 9.17) is 4.74 Å². The van der Waals surface area contributed by atoms with Crippen LogP contribution in [0.3, 0.4) is 0 Å². The Morgan fingerprint density at radius 3 is 2.53 bits per heavy atom. The van der Waals surface area contributed by atoms with Gasteiger partial charge >= 0.3 is 0 Å². The Kier molecular flexibility index (Phi) is 5.52. The van der Waals surface area contributed by atoms with Crippen LogP contribution in [0.5, 0.6) is 5.75 Å². The lowest BCUT2D eigenvalue weighted by Gasteiger charge is -2.19. The first-order valence-electron chi connectivity index (χ1n) is 6.10. The molecule has 0 aliphatic rings. The van der Waals surface area contributed by atoms with E-state index in [9.17, 15) is 0 Å². The Labute approximate surface area is 103 Å². The summed E-state index contributed by atoms with van der Waals surface area (Å²) in [6, 6.07) is 0.425. The maximum Gasteiger partial charge on any atom is 0.204 e. The number of hydrogen-bond donors (Lipinski definition) is 2. The van der Waals surface area contributed by atoms with E-state index in [1.54, 1.807) is 7.11 Å². The quantitative estimate of drug-likeness (QED) is 0.764. The predicted octanol–water partition coefficient (Wildman–Crippen LogP) is 2.52. The highest BCUT2D eigenvalue weighted by Gasteiger charge is 2.13. The Morgan fingerprint density at radius 2 is 2.00 bits per heavy atom. The van der Waals surface area contributed by atoms with Gasteiger partial charge in [-0.1, -0.05) is 20.3 Å². The molecule has 1 unspecified atom stereocenters. The lowest BCUT2D eigenvalue weighted by Crippen LogP contribution is -2.19. The number of nitrogens with zero attached hydrogens (tertiary/aromatic N) is 2. The maximum atomic E-state index is 5.34. The SMILES string of the molecule is CCCC(CC)Nc1ncnc(NC)c1OC. The molecule has 0 saturated carbocycles. The van der Waals surface area contributed by atoms with Crippen molar-refractivity contribution in [3.8, 4) is 5.75 Å². The zero-order valence-electron chi connectivity index (χ0n) is 11.1. The number of nitrogens with one attached hydrogen (secondary N) is 2. The highest BCUT2D eigenvalue weighted by Crippen LogP contribution is 2.29. The molecular weight excluding hydrogens is 216 g/mol. The molecule has 0 aromatic carbocycles. The van der Waals surface area contributed by atoms with Crippen molar-refractivity contribution in [3.05, 3.63) is 6.33 Å². The molecular formula is C12H22N4O. The van der Waals surface area contributed by atoms with E-state index in [0.717, 1.165) is 25.1 Å². The van der Waals surface area contributed by atoms with E-state index < -0.39 is 0 Å². The van der Waals surface area contributed by atoms with Gasteiger partial charge in [0.05, 0.1) is 7.11 Å². The second-order valence-electron chi connectivity index (χ2n) is 3.89. The van der Waals surface area contributed by atoms with Crippen molar-refractivity contribution in [2.75, 3.05) is 24.8 Å². The van der Waals surface area contributed by atoms with E-state index in [1.807, 2.05) is 7.05 Å². The normalized spacial score (nSPS) is 12.0. The van der Waals surface area contributed by atoms with Crippen molar-refractivity contribution in [3.63, 3.8) is 0 Å². The van der Waals surface area contributed by atoms with Crippen LogP contribution in [0, 0.1) is 0 Å². The molecule has 1 aromatic rings. The largest absolute Gasteiger partial charge is 0.490 e. The van der Waals surface area contributed by atoms with Crippen LogP contribution >= 0.6 is 0 Å². The highest BCUT2D eigenvalue weighted by atomic mass is 16.5. The number of ether oxygens (including phenoxy) is 1. The molecule has 5 heteroatoms. The number of hydrogen-bond acceptors (Lipinski definition) is 5. The van der Waals surface area contributed by atoms with E-state index in [0.29, 0.717) is 17.6 Å². The fourth-order valence-electron chi connectivity index (χ4n) is 1.77. The van der Waals surface area contributed by atoms with Gasteiger partial charge in [-0.25, -0.2) is 9.97 Å². The number of anilines is 2. The van der Waals surface area contributed by atoms with Crippen molar-refractivity contribution in [2.24, 2.45) is 0 Å². The molecule has 1 aromatic heterocycles. The van der Waals surface area contributed by atoms with Crippen LogP contribution in [-0.2, 0) is 0 Å². The Bertz CT molecular complexity index is 343. The van der Waals surface area contributed by atoms with Gasteiger partial charge < -0.3 is 15.4 Å². The molecule has 0 bridgehead atoms. The molecule has 1 atom stereocenters. The molecule has 0 spiro atoms. The molecule has 0 fully saturated rings. The third kappa shape index (κ3) is 3.47. The van der Waals surface area contributed by atoms with Gasteiger partial charge in [-0.05, 0) is 12.8 Å². The second kappa shape index (κ2) is 6.93. The first kappa shape index (κ1) is 13.5. The topological polar surface area (TPSA) is 59.1 Å². The summed E-state index contributed by atoms with van der Waals surface area (Å²) in [7, 11) is 3.45. The highest BCUT2D eigenvalue weighted by molar-refractivity contribution is 5.63. The van der Waals surface area contributed by atoms with E-state index in [1.165, 1.54) is 6.33 Å². The smallest absolute Gasteiger partial charge is 0.204 e. The van der Waals surface area contributed by atoms with Gasteiger partial charge in [0.25, 0.3) is 0 Å². The molecule has 0 amide bonds. The minimum Gasteiger partial charge on any atom is -0.490 e. The van der Waals surface area contributed by atoms with Crippen molar-refractivity contribution in [1.82, 2.24) is 9.97 Å². The van der Waals surface area contributed by atoms with Gasteiger partial charge in [0, 0.05) is 13.1 Å². The van der Waals surface area contributed by atoms with Crippen LogP contribution in [-0.4, -0.2) is 30.2 Å². The lowest BCUT2D eigenvalue weighted by atomic mass is 10.1. The fraction of sp³-hybridized carbons (Fsp3) is 0.667. The second-order valence-corrected chi connectivity index (χ2v) is 3.89. The minimum absolute atomic E-state index is 0.425. The summed E-state index contributed by atoms with van der Waals surface area (Å²) in [5, 5.41) is 6.40. The summed E-state index contributed by atoms with van der Waals surface area (Å²) >= 11 is 0. The monoisotopic (exact) mass is 238 g/mol. The molecule has 17 heavy (non-hydrogen) atoms. The standard InChI is InChI=1S/C12H22N4O/c1-5-7-9(6-2)16-12-10(17-4)11(13-3)14-8-15-12/h8-9H,5-7H2,1-4H3,(H2,13,14,15,16). The lowest BCUT2D eigenvalue weighted by molar-refractivity contribution is 0.414. The Hall–Kier alpha value is -1.52. The average molecular weight is 238 g/mol. The summed E-state index contributed by atoms with van der Waals surface area (Å²) in [5.41, 5.74) is 0. The molecule has 5 nitrogen and oxygen atoms in total. The zero-order valence-corrected chi connectivity index (χ0v) is 11.1. The third-order valence-electron chi connectivity index (χ3n) is 2.72. The minimum atomic E-state index is 0.425. The summed E-state index contributed by atoms with van der Waals surface area (Å²) < 4.78 is 5.34. The van der Waals surface area contributed by atoms with Gasteiger partial charge in [-0.15, -0.1) is 0 Å². The molecule has 0 saturated heterocycles. The Morgan fingerprint density at radius 1 is 1.29 bits per heavy atom. The zero-order chi connectivity index (χ0) is 12.7. The van der Waals surface area contributed by atoms with Crippen LogP contribution in [0.15, 0.2) is 6.33 Å².